The van der Waals surface area contributed by atoms with Gasteiger partial charge in [-0.05, 0) is 103 Å². The van der Waals surface area contributed by atoms with Crippen LogP contribution in [0.2, 0.25) is 0 Å². The van der Waals surface area contributed by atoms with Crippen molar-refractivity contribution in [2.24, 2.45) is 0 Å². The third kappa shape index (κ3) is 12.9. The third-order valence-corrected chi connectivity index (χ3v) is 16.5. The highest BCUT2D eigenvalue weighted by Gasteiger charge is 2.32. The van der Waals surface area contributed by atoms with Crippen molar-refractivity contribution < 1.29 is 9.13 Å². The summed E-state index contributed by atoms with van der Waals surface area (Å²) in [6.07, 6.45) is 15.0. The highest BCUT2D eigenvalue weighted by Crippen LogP contribution is 2.30. The Morgan fingerprint density at radius 3 is 2.12 bits per heavy atom. The molecule has 3 fully saturated rings. The lowest BCUT2D eigenvalue weighted by Gasteiger charge is -2.41. The van der Waals surface area contributed by atoms with Crippen LogP contribution in [0.4, 0.5) is 57.1 Å². The molecule has 9 heterocycles. The SMILES string of the molecule is Cc1c(Nc2ncnc(N3CCN(c4ncc(Sc5ccc(F)cc5)cn4)CC3)n2)cnn1CC1CN(c2ccc(CC3CN(c4ncc(Cc5ccccc5)cn4)CCN3c3ncnc(Nc4ccc5c(c4)CNCC5)n3)cc2)CCO1. The van der Waals surface area contributed by atoms with Crippen molar-refractivity contribution in [1.29, 1.82) is 0 Å². The van der Waals surface area contributed by atoms with E-state index in [1.54, 1.807) is 30.9 Å². The number of ether oxygens (including phenoxy) is 1. The standard InChI is InChI=1S/C60H63FN20OS/c1-41-54(73-56-68-39-69-59(74-56)77-21-19-76(20-22-77)57-65-33-53(34-66-57)83-52-15-10-47(61)11-16-52)35-71-81(41)38-51-37-78(25-26-82-51)49-13-7-43(8-14-49)28-50-36-79(58-63-30-44(31-64-58)27-42-5-3-2-4-6-42)23-24-80(50)60-70-40-67-55(75-60)72-48-12-9-45-17-18-62-32-46(45)29-48/h2-16,29-31,33-35,39-40,50-51,62H,17-28,32,36-38H2,1H3,(H,67,70,72,75)(H,68,69,73,74). The number of morpholine rings is 1. The van der Waals surface area contributed by atoms with Crippen molar-refractivity contribution >= 4 is 64.5 Å². The molecule has 4 aliphatic rings. The molecule has 21 nitrogen and oxygen atoms in total. The number of benzene rings is 4. The molecule has 13 rings (SSSR count). The number of nitrogens with zero attached hydrogens (tertiary/aromatic N) is 17. The van der Waals surface area contributed by atoms with E-state index in [4.69, 9.17) is 34.8 Å². The van der Waals surface area contributed by atoms with E-state index in [0.29, 0.717) is 95.3 Å². The van der Waals surface area contributed by atoms with E-state index in [-0.39, 0.29) is 18.0 Å². The fraction of sp³-hybridized carbons (Fsp3) is 0.317. The number of halogens is 1. The lowest BCUT2D eigenvalue weighted by atomic mass is 10.0. The summed E-state index contributed by atoms with van der Waals surface area (Å²) in [7, 11) is 0. The van der Waals surface area contributed by atoms with Gasteiger partial charge >= 0.3 is 0 Å². The number of anilines is 9. The summed E-state index contributed by atoms with van der Waals surface area (Å²) in [5.74, 6) is 3.31. The van der Waals surface area contributed by atoms with Gasteiger partial charge in [-0.25, -0.2) is 44.3 Å². The number of fused-ring (bicyclic) bond motifs is 1. The summed E-state index contributed by atoms with van der Waals surface area (Å²) in [6, 6.07) is 32.3. The fourth-order valence-electron chi connectivity index (χ4n) is 11.1. The second-order valence-electron chi connectivity index (χ2n) is 21.1. The van der Waals surface area contributed by atoms with Gasteiger partial charge in [0.2, 0.25) is 35.7 Å². The zero-order valence-electron chi connectivity index (χ0n) is 46.0. The maximum absolute atomic E-state index is 13.4. The van der Waals surface area contributed by atoms with Crippen molar-refractivity contribution in [3.05, 3.63) is 180 Å². The molecule has 9 aromatic rings. The van der Waals surface area contributed by atoms with Crippen molar-refractivity contribution in [2.75, 3.05) is 107 Å². The maximum atomic E-state index is 13.4. The Morgan fingerprint density at radius 2 is 1.33 bits per heavy atom. The molecule has 83 heavy (non-hydrogen) atoms. The Balaban J connectivity index is 0.632. The van der Waals surface area contributed by atoms with Gasteiger partial charge in [0.15, 0.2) is 0 Å². The molecular weight excluding hydrogens is 1070 g/mol. The molecule has 422 valence electrons. The summed E-state index contributed by atoms with van der Waals surface area (Å²) in [4.78, 5) is 60.2. The van der Waals surface area contributed by atoms with Gasteiger partial charge in [-0.15, -0.1) is 0 Å². The van der Waals surface area contributed by atoms with Gasteiger partial charge in [-0.2, -0.15) is 15.1 Å². The molecule has 2 atom stereocenters. The summed E-state index contributed by atoms with van der Waals surface area (Å²) >= 11 is 1.50. The van der Waals surface area contributed by atoms with Gasteiger partial charge < -0.3 is 45.2 Å². The van der Waals surface area contributed by atoms with Crippen molar-refractivity contribution in [3.63, 3.8) is 0 Å². The zero-order valence-corrected chi connectivity index (χ0v) is 46.9. The van der Waals surface area contributed by atoms with Crippen LogP contribution < -0.4 is 40.4 Å². The Hall–Kier alpha value is -8.93. The van der Waals surface area contributed by atoms with Gasteiger partial charge in [0, 0.05) is 118 Å². The Kier molecular flexibility index (Phi) is 15.9. The van der Waals surface area contributed by atoms with Crippen molar-refractivity contribution in [2.45, 2.75) is 61.2 Å². The molecule has 0 aliphatic carbocycles. The van der Waals surface area contributed by atoms with Crippen LogP contribution in [0.5, 0.6) is 0 Å². The molecule has 0 amide bonds. The first kappa shape index (κ1) is 53.4. The molecule has 0 saturated carbocycles. The number of aromatic nitrogens is 12. The van der Waals surface area contributed by atoms with E-state index in [1.165, 1.54) is 52.5 Å². The number of hydrogen-bond donors (Lipinski definition) is 3. The largest absolute Gasteiger partial charge is 0.373 e. The second kappa shape index (κ2) is 24.7. The monoisotopic (exact) mass is 1130 g/mol. The minimum Gasteiger partial charge on any atom is -0.373 e. The quantitative estimate of drug-likeness (QED) is 0.0816. The van der Waals surface area contributed by atoms with Gasteiger partial charge in [-0.3, -0.25) is 4.68 Å². The highest BCUT2D eigenvalue weighted by atomic mass is 32.2. The minimum atomic E-state index is -0.259. The molecule has 4 aliphatic heterocycles. The normalized spacial score (nSPS) is 17.3. The first-order valence-corrected chi connectivity index (χ1v) is 29.0. The van der Waals surface area contributed by atoms with Crippen molar-refractivity contribution in [1.82, 2.24) is 64.9 Å². The zero-order chi connectivity index (χ0) is 55.9. The molecule has 23 heteroatoms. The maximum Gasteiger partial charge on any atom is 0.232 e. The summed E-state index contributed by atoms with van der Waals surface area (Å²) in [6.45, 7) is 11.5. The molecular formula is C60H63FN20OS. The van der Waals surface area contributed by atoms with Gasteiger partial charge in [0.05, 0.1) is 42.9 Å². The molecule has 5 aromatic heterocycles. The van der Waals surface area contributed by atoms with Gasteiger partial charge in [0.25, 0.3) is 0 Å². The van der Waals surface area contributed by atoms with E-state index in [2.05, 4.69) is 132 Å². The number of piperazine rings is 2. The van der Waals surface area contributed by atoms with E-state index in [1.807, 2.05) is 36.3 Å². The first-order chi connectivity index (χ1) is 40.8. The summed E-state index contributed by atoms with van der Waals surface area (Å²) < 4.78 is 21.7. The molecule has 0 radical (unpaired) electrons. The van der Waals surface area contributed by atoms with Crippen LogP contribution in [0.15, 0.2) is 150 Å². The molecule has 0 spiro atoms. The van der Waals surface area contributed by atoms with E-state index in [0.717, 1.165) is 83.0 Å². The highest BCUT2D eigenvalue weighted by molar-refractivity contribution is 7.99. The fourth-order valence-corrected chi connectivity index (χ4v) is 11.9. The molecule has 0 bridgehead atoms. The summed E-state index contributed by atoms with van der Waals surface area (Å²) in [5.41, 5.74) is 10.0. The Labute approximate surface area is 484 Å². The number of nitrogens with one attached hydrogen (secondary N) is 3. The van der Waals surface area contributed by atoms with E-state index >= 15 is 0 Å². The van der Waals surface area contributed by atoms with Crippen LogP contribution in [0.3, 0.4) is 0 Å². The predicted octanol–water partition coefficient (Wildman–Crippen LogP) is 7.33. The topological polar surface area (TPSA) is 208 Å². The first-order valence-electron chi connectivity index (χ1n) is 28.2. The minimum absolute atomic E-state index is 0.0129. The van der Waals surface area contributed by atoms with Crippen LogP contribution in [0, 0.1) is 12.7 Å². The van der Waals surface area contributed by atoms with Gasteiger partial charge in [0.1, 0.15) is 18.5 Å². The molecule has 4 aromatic carbocycles. The molecule has 2 unspecified atom stereocenters. The number of hydrogen-bond acceptors (Lipinski definition) is 21. The Bertz CT molecular complexity index is 3610. The molecule has 3 N–H and O–H groups in total. The van der Waals surface area contributed by atoms with Crippen LogP contribution in [0.25, 0.3) is 0 Å². The lowest BCUT2D eigenvalue weighted by Crippen LogP contribution is -2.55. The third-order valence-electron chi connectivity index (χ3n) is 15.6. The van der Waals surface area contributed by atoms with Crippen LogP contribution in [0.1, 0.15) is 33.5 Å². The van der Waals surface area contributed by atoms with Gasteiger partial charge in [-0.1, -0.05) is 60.3 Å². The summed E-state index contributed by atoms with van der Waals surface area (Å²) in [5, 5.41) is 15.1. The smallest absolute Gasteiger partial charge is 0.232 e. The Morgan fingerprint density at radius 1 is 0.614 bits per heavy atom. The van der Waals surface area contributed by atoms with Crippen LogP contribution in [-0.2, 0) is 37.1 Å². The molecule has 3 saturated heterocycles. The lowest BCUT2D eigenvalue weighted by molar-refractivity contribution is 0.0271. The van der Waals surface area contributed by atoms with Crippen LogP contribution >= 0.6 is 11.8 Å². The number of rotatable bonds is 17. The second-order valence-corrected chi connectivity index (χ2v) is 22.3. The average Bonchev–Trinajstić information content (AvgIpc) is 3.92. The van der Waals surface area contributed by atoms with Crippen molar-refractivity contribution in [3.8, 4) is 0 Å². The average molecular weight is 1130 g/mol. The van der Waals surface area contributed by atoms with E-state index in [9.17, 15) is 4.39 Å². The predicted molar refractivity (Wildman–Crippen MR) is 319 cm³/mol. The van der Waals surface area contributed by atoms with Crippen LogP contribution in [-0.4, -0.2) is 144 Å². The van der Waals surface area contributed by atoms with E-state index < -0.39 is 0 Å².